The molecule has 0 spiro atoms. The van der Waals surface area contributed by atoms with Gasteiger partial charge in [0.25, 0.3) is 0 Å². The van der Waals surface area contributed by atoms with Gasteiger partial charge in [0.2, 0.25) is 5.91 Å². The molecule has 1 N–H and O–H groups in total. The van der Waals surface area contributed by atoms with E-state index in [2.05, 4.69) is 10.1 Å². The van der Waals surface area contributed by atoms with Crippen molar-refractivity contribution in [2.75, 3.05) is 53.5 Å². The summed E-state index contributed by atoms with van der Waals surface area (Å²) in [7, 11) is 3.06. The molecule has 0 radical (unpaired) electrons. The van der Waals surface area contributed by atoms with E-state index in [1.54, 1.807) is 7.11 Å². The number of ether oxygens (including phenoxy) is 2. The fourth-order valence-corrected chi connectivity index (χ4v) is 2.66. The number of esters is 1. The normalized spacial score (nSPS) is 27.6. The van der Waals surface area contributed by atoms with Crippen molar-refractivity contribution in [2.45, 2.75) is 18.6 Å². The lowest BCUT2D eigenvalue weighted by atomic mass is 10.1. The Hall–Kier alpha value is -1.18. The Labute approximate surface area is 119 Å². The molecule has 1 amide bonds. The van der Waals surface area contributed by atoms with E-state index in [1.807, 2.05) is 9.80 Å². The van der Waals surface area contributed by atoms with E-state index in [9.17, 15) is 9.59 Å². The van der Waals surface area contributed by atoms with Crippen LogP contribution in [0, 0.1) is 0 Å². The highest BCUT2D eigenvalue weighted by Gasteiger charge is 2.33. The van der Waals surface area contributed by atoms with Crippen LogP contribution in [-0.2, 0) is 19.1 Å². The van der Waals surface area contributed by atoms with Crippen LogP contribution in [0.1, 0.15) is 6.42 Å². The van der Waals surface area contributed by atoms with E-state index in [0.29, 0.717) is 32.7 Å². The van der Waals surface area contributed by atoms with Crippen LogP contribution >= 0.6 is 0 Å². The zero-order chi connectivity index (χ0) is 14.5. The molecule has 2 fully saturated rings. The third-order valence-corrected chi connectivity index (χ3v) is 3.99. The van der Waals surface area contributed by atoms with Gasteiger partial charge in [-0.05, 0) is 6.42 Å². The second-order valence-corrected chi connectivity index (χ2v) is 5.23. The number of carbonyl (C=O) groups excluding carboxylic acids is 2. The van der Waals surface area contributed by atoms with Gasteiger partial charge in [-0.15, -0.1) is 0 Å². The van der Waals surface area contributed by atoms with Crippen molar-refractivity contribution in [1.82, 2.24) is 15.1 Å². The summed E-state index contributed by atoms with van der Waals surface area (Å²) in [5.41, 5.74) is 0. The maximum Gasteiger partial charge on any atom is 0.319 e. The highest BCUT2D eigenvalue weighted by molar-refractivity contribution is 5.82. The number of hydrogen-bond donors (Lipinski definition) is 1. The molecule has 7 heteroatoms. The maximum absolute atomic E-state index is 12.3. The van der Waals surface area contributed by atoms with Crippen molar-refractivity contribution in [3.05, 3.63) is 0 Å². The van der Waals surface area contributed by atoms with Crippen LogP contribution in [0.4, 0.5) is 0 Å². The van der Waals surface area contributed by atoms with Crippen LogP contribution in [0.15, 0.2) is 0 Å². The molecule has 20 heavy (non-hydrogen) atoms. The number of hydrogen-bond acceptors (Lipinski definition) is 6. The topological polar surface area (TPSA) is 71.1 Å². The van der Waals surface area contributed by atoms with Crippen molar-refractivity contribution in [3.63, 3.8) is 0 Å². The maximum atomic E-state index is 12.3. The third kappa shape index (κ3) is 3.68. The van der Waals surface area contributed by atoms with Gasteiger partial charge in [-0.2, -0.15) is 0 Å². The Morgan fingerprint density at radius 3 is 2.45 bits per heavy atom. The lowest BCUT2D eigenvalue weighted by Crippen LogP contribution is -2.53. The Morgan fingerprint density at radius 1 is 1.20 bits per heavy atom. The molecule has 2 atom stereocenters. The van der Waals surface area contributed by atoms with Gasteiger partial charge in [-0.25, -0.2) is 0 Å². The molecule has 0 aromatic carbocycles. The molecule has 0 aromatic heterocycles. The van der Waals surface area contributed by atoms with E-state index >= 15 is 0 Å². The summed E-state index contributed by atoms with van der Waals surface area (Å²) >= 11 is 0. The van der Waals surface area contributed by atoms with E-state index in [0.717, 1.165) is 13.0 Å². The first-order valence-corrected chi connectivity index (χ1v) is 6.98. The molecule has 0 aliphatic carbocycles. The first kappa shape index (κ1) is 15.2. The van der Waals surface area contributed by atoms with Crippen molar-refractivity contribution in [1.29, 1.82) is 0 Å². The minimum Gasteiger partial charge on any atom is -0.468 e. The molecule has 2 rings (SSSR count). The highest BCUT2D eigenvalue weighted by atomic mass is 16.5. The molecular weight excluding hydrogens is 262 g/mol. The molecule has 2 aliphatic rings. The van der Waals surface area contributed by atoms with Crippen LogP contribution in [0.3, 0.4) is 0 Å². The summed E-state index contributed by atoms with van der Waals surface area (Å²) in [4.78, 5) is 27.4. The van der Waals surface area contributed by atoms with E-state index < -0.39 is 0 Å². The van der Waals surface area contributed by atoms with Gasteiger partial charge in [0.05, 0.1) is 25.8 Å². The monoisotopic (exact) mass is 285 g/mol. The number of piperazine rings is 1. The predicted octanol–water partition coefficient (Wildman–Crippen LogP) is -1.32. The number of rotatable bonds is 4. The van der Waals surface area contributed by atoms with Crippen LogP contribution in [0.5, 0.6) is 0 Å². The first-order valence-electron chi connectivity index (χ1n) is 6.98. The van der Waals surface area contributed by atoms with Crippen molar-refractivity contribution < 1.29 is 19.1 Å². The van der Waals surface area contributed by atoms with Crippen LogP contribution in [0.2, 0.25) is 0 Å². The fourth-order valence-electron chi connectivity index (χ4n) is 2.66. The molecule has 2 aliphatic heterocycles. The van der Waals surface area contributed by atoms with Crippen molar-refractivity contribution in [3.8, 4) is 0 Å². The van der Waals surface area contributed by atoms with Gasteiger partial charge in [0, 0.05) is 39.8 Å². The standard InChI is InChI=1S/C13H23N3O4/c1-19-10-7-11(14-8-10)13(18)16-5-3-15(4-6-16)9-12(17)20-2/h10-11,14H,3-9H2,1-2H3. The zero-order valence-corrected chi connectivity index (χ0v) is 12.1. The van der Waals surface area contributed by atoms with Gasteiger partial charge in [-0.3, -0.25) is 14.5 Å². The molecule has 0 saturated carbocycles. The number of nitrogens with zero attached hydrogens (tertiary/aromatic N) is 2. The van der Waals surface area contributed by atoms with Crippen LogP contribution in [0.25, 0.3) is 0 Å². The summed E-state index contributed by atoms with van der Waals surface area (Å²) < 4.78 is 9.91. The number of carbonyl (C=O) groups is 2. The second kappa shape index (κ2) is 7.01. The second-order valence-electron chi connectivity index (χ2n) is 5.23. The Kier molecular flexibility index (Phi) is 5.33. The van der Waals surface area contributed by atoms with Crippen LogP contribution < -0.4 is 5.32 Å². The van der Waals surface area contributed by atoms with E-state index in [1.165, 1.54) is 7.11 Å². The quantitative estimate of drug-likeness (QED) is 0.646. The minimum absolute atomic E-state index is 0.129. The molecule has 2 unspecified atom stereocenters. The number of nitrogens with one attached hydrogen (secondary N) is 1. The van der Waals surface area contributed by atoms with Gasteiger partial charge >= 0.3 is 5.97 Å². The fraction of sp³-hybridized carbons (Fsp3) is 0.846. The molecule has 0 bridgehead atoms. The molecule has 0 aromatic rings. The Morgan fingerprint density at radius 2 is 1.90 bits per heavy atom. The molecule has 114 valence electrons. The molecular formula is C13H23N3O4. The summed E-state index contributed by atoms with van der Waals surface area (Å²) in [6, 6.07) is -0.132. The zero-order valence-electron chi connectivity index (χ0n) is 12.1. The molecule has 7 nitrogen and oxygen atoms in total. The predicted molar refractivity (Wildman–Crippen MR) is 72.2 cm³/mol. The summed E-state index contributed by atoms with van der Waals surface area (Å²) in [5, 5.41) is 3.20. The molecule has 2 heterocycles. The Balaban J connectivity index is 1.76. The number of methoxy groups -OCH3 is 2. The Bertz CT molecular complexity index is 356. The first-order chi connectivity index (χ1) is 9.63. The third-order valence-electron chi connectivity index (χ3n) is 3.99. The summed E-state index contributed by atoms with van der Waals surface area (Å²) in [6.07, 6.45) is 0.863. The van der Waals surface area contributed by atoms with Gasteiger partial charge in [-0.1, -0.05) is 0 Å². The smallest absolute Gasteiger partial charge is 0.319 e. The summed E-state index contributed by atoms with van der Waals surface area (Å²) in [6.45, 7) is 3.76. The van der Waals surface area contributed by atoms with Crippen molar-refractivity contribution in [2.24, 2.45) is 0 Å². The lowest BCUT2D eigenvalue weighted by molar-refractivity contribution is -0.143. The van der Waals surface area contributed by atoms with Gasteiger partial charge < -0.3 is 19.7 Å². The number of amides is 1. The van der Waals surface area contributed by atoms with Crippen molar-refractivity contribution >= 4 is 11.9 Å². The highest BCUT2D eigenvalue weighted by Crippen LogP contribution is 2.13. The van der Waals surface area contributed by atoms with Crippen LogP contribution in [-0.4, -0.2) is 87.3 Å². The van der Waals surface area contributed by atoms with E-state index in [-0.39, 0.29) is 24.0 Å². The average molecular weight is 285 g/mol. The molecule has 2 saturated heterocycles. The lowest BCUT2D eigenvalue weighted by Gasteiger charge is -2.35. The SMILES string of the molecule is COC(=O)CN1CCN(C(=O)C2CC(OC)CN2)CC1. The minimum atomic E-state index is -0.231. The van der Waals surface area contributed by atoms with E-state index in [4.69, 9.17) is 4.74 Å². The average Bonchev–Trinajstić information content (AvgIpc) is 2.96. The van der Waals surface area contributed by atoms with Gasteiger partial charge in [0.1, 0.15) is 0 Å². The summed E-state index contributed by atoms with van der Waals surface area (Å²) in [5.74, 6) is -0.0903. The largest absolute Gasteiger partial charge is 0.468 e. The van der Waals surface area contributed by atoms with Gasteiger partial charge in [0.15, 0.2) is 0 Å².